The van der Waals surface area contributed by atoms with Crippen molar-refractivity contribution in [1.82, 2.24) is 5.32 Å². The number of carboxylic acid groups (broad SMARTS) is 1. The molecule has 0 heterocycles. The molecule has 2 N–H and O–H groups in total. The number of aliphatic carboxylic acids is 1. The Morgan fingerprint density at radius 1 is 1.61 bits per heavy atom. The van der Waals surface area contributed by atoms with Crippen LogP contribution < -0.4 is 10.1 Å². The van der Waals surface area contributed by atoms with Gasteiger partial charge in [-0.2, -0.15) is 0 Å². The minimum Gasteiger partial charge on any atom is -0.495 e. The quantitative estimate of drug-likeness (QED) is 0.833. The molecule has 1 unspecified atom stereocenters. The van der Waals surface area contributed by atoms with Gasteiger partial charge in [-0.15, -0.1) is 0 Å². The van der Waals surface area contributed by atoms with Crippen LogP contribution in [-0.2, 0) is 4.79 Å². The third-order valence-corrected chi connectivity index (χ3v) is 3.36. The van der Waals surface area contributed by atoms with E-state index in [2.05, 4.69) is 5.32 Å². The summed E-state index contributed by atoms with van der Waals surface area (Å²) >= 11 is 6.01. The predicted octanol–water partition coefficient (Wildman–Crippen LogP) is 2.47. The topological polar surface area (TPSA) is 58.6 Å². The van der Waals surface area contributed by atoms with Crippen LogP contribution in [0.15, 0.2) is 18.2 Å². The number of rotatable bonds is 6. The Morgan fingerprint density at radius 2 is 2.33 bits per heavy atom. The van der Waals surface area contributed by atoms with Gasteiger partial charge in [0, 0.05) is 0 Å². The largest absolute Gasteiger partial charge is 0.495 e. The Bertz CT molecular complexity index is 446. The van der Waals surface area contributed by atoms with E-state index in [-0.39, 0.29) is 0 Å². The Kier molecular flexibility index (Phi) is 4.09. The lowest BCUT2D eigenvalue weighted by atomic mass is 10.1. The van der Waals surface area contributed by atoms with Crippen molar-refractivity contribution in [2.45, 2.75) is 18.9 Å². The van der Waals surface area contributed by atoms with Gasteiger partial charge in [0.1, 0.15) is 11.8 Å². The summed E-state index contributed by atoms with van der Waals surface area (Å²) in [5.41, 5.74) is 0.647. The van der Waals surface area contributed by atoms with Gasteiger partial charge in [0.25, 0.3) is 0 Å². The summed E-state index contributed by atoms with van der Waals surface area (Å²) in [6, 6.07) is 4.34. The number of carboxylic acids is 1. The van der Waals surface area contributed by atoms with E-state index in [0.717, 1.165) is 6.54 Å². The normalized spacial score (nSPS) is 16.3. The highest BCUT2D eigenvalue weighted by Gasteiger charge is 2.26. The van der Waals surface area contributed by atoms with Crippen LogP contribution in [-0.4, -0.2) is 24.7 Å². The summed E-state index contributed by atoms with van der Waals surface area (Å²) in [7, 11) is 1.53. The van der Waals surface area contributed by atoms with Crippen LogP contribution in [0.2, 0.25) is 5.02 Å². The second kappa shape index (κ2) is 5.59. The highest BCUT2D eigenvalue weighted by Crippen LogP contribution is 2.30. The number of carbonyl (C=O) groups is 1. The first-order chi connectivity index (χ1) is 8.61. The van der Waals surface area contributed by atoms with E-state index in [0.29, 0.717) is 22.3 Å². The zero-order valence-corrected chi connectivity index (χ0v) is 10.9. The van der Waals surface area contributed by atoms with E-state index in [4.69, 9.17) is 16.3 Å². The van der Waals surface area contributed by atoms with Crippen molar-refractivity contribution >= 4 is 17.6 Å². The molecule has 1 atom stereocenters. The number of hydrogen-bond acceptors (Lipinski definition) is 3. The Labute approximate surface area is 111 Å². The smallest absolute Gasteiger partial charge is 0.325 e. The number of methoxy groups -OCH3 is 1. The monoisotopic (exact) mass is 269 g/mol. The van der Waals surface area contributed by atoms with Crippen LogP contribution in [0.25, 0.3) is 0 Å². The molecule has 18 heavy (non-hydrogen) atoms. The predicted molar refractivity (Wildman–Crippen MR) is 69.1 cm³/mol. The standard InChI is InChI=1S/C13H16ClNO3/c1-18-11-5-4-9(6-10(11)14)12(13(16)17)15-7-8-2-3-8/h4-6,8,12,15H,2-3,7H2,1H3,(H,16,17). The lowest BCUT2D eigenvalue weighted by Gasteiger charge is -2.15. The number of hydrogen-bond donors (Lipinski definition) is 2. The van der Waals surface area contributed by atoms with Crippen molar-refractivity contribution in [1.29, 1.82) is 0 Å². The Balaban J connectivity index is 2.13. The molecule has 1 fully saturated rings. The zero-order chi connectivity index (χ0) is 13.1. The summed E-state index contributed by atoms with van der Waals surface area (Å²) < 4.78 is 5.05. The van der Waals surface area contributed by atoms with E-state index >= 15 is 0 Å². The van der Waals surface area contributed by atoms with E-state index in [1.54, 1.807) is 18.2 Å². The Morgan fingerprint density at radius 3 is 2.83 bits per heavy atom. The van der Waals surface area contributed by atoms with E-state index in [1.165, 1.54) is 20.0 Å². The van der Waals surface area contributed by atoms with Crippen molar-refractivity contribution in [3.8, 4) is 5.75 Å². The van der Waals surface area contributed by atoms with Gasteiger partial charge in [0.05, 0.1) is 12.1 Å². The maximum Gasteiger partial charge on any atom is 0.325 e. The van der Waals surface area contributed by atoms with Crippen molar-refractivity contribution < 1.29 is 14.6 Å². The first kappa shape index (κ1) is 13.2. The minimum absolute atomic E-state index is 0.425. The van der Waals surface area contributed by atoms with Crippen molar-refractivity contribution in [2.24, 2.45) is 5.92 Å². The fourth-order valence-corrected chi connectivity index (χ4v) is 2.08. The van der Waals surface area contributed by atoms with Gasteiger partial charge < -0.3 is 15.2 Å². The molecule has 2 rings (SSSR count). The molecule has 1 saturated carbocycles. The molecule has 0 radical (unpaired) electrons. The third-order valence-electron chi connectivity index (χ3n) is 3.06. The van der Waals surface area contributed by atoms with Gasteiger partial charge in [0.15, 0.2) is 0 Å². The number of ether oxygens (including phenoxy) is 1. The minimum atomic E-state index is -0.892. The Hall–Kier alpha value is -1.26. The van der Waals surface area contributed by atoms with Crippen LogP contribution in [0, 0.1) is 5.92 Å². The average molecular weight is 270 g/mol. The van der Waals surface area contributed by atoms with E-state index in [9.17, 15) is 9.90 Å². The highest BCUT2D eigenvalue weighted by molar-refractivity contribution is 6.32. The molecule has 0 spiro atoms. The zero-order valence-electron chi connectivity index (χ0n) is 10.1. The average Bonchev–Trinajstić information content (AvgIpc) is 3.13. The van der Waals surface area contributed by atoms with Gasteiger partial charge in [-0.1, -0.05) is 17.7 Å². The lowest BCUT2D eigenvalue weighted by molar-refractivity contribution is -0.139. The molecule has 1 aromatic rings. The molecule has 1 aromatic carbocycles. The molecule has 98 valence electrons. The third kappa shape index (κ3) is 3.15. The van der Waals surface area contributed by atoms with E-state index in [1.807, 2.05) is 0 Å². The van der Waals surface area contributed by atoms with E-state index < -0.39 is 12.0 Å². The number of benzene rings is 1. The van der Waals surface area contributed by atoms with Crippen molar-refractivity contribution in [3.63, 3.8) is 0 Å². The number of halogens is 1. The highest BCUT2D eigenvalue weighted by atomic mass is 35.5. The van der Waals surface area contributed by atoms with Crippen LogP contribution >= 0.6 is 11.6 Å². The SMILES string of the molecule is COc1ccc(C(NCC2CC2)C(=O)O)cc1Cl. The maximum atomic E-state index is 11.3. The molecular formula is C13H16ClNO3. The van der Waals surface area contributed by atoms with Crippen LogP contribution in [0.3, 0.4) is 0 Å². The molecular weight excluding hydrogens is 254 g/mol. The summed E-state index contributed by atoms with van der Waals surface area (Å²) in [5.74, 6) is 0.282. The molecule has 1 aliphatic carbocycles. The summed E-state index contributed by atoms with van der Waals surface area (Å²) in [6.45, 7) is 0.737. The van der Waals surface area contributed by atoms with Crippen molar-refractivity contribution in [2.75, 3.05) is 13.7 Å². The first-order valence-electron chi connectivity index (χ1n) is 5.91. The van der Waals surface area contributed by atoms with Gasteiger partial charge in [-0.05, 0) is 43.0 Å². The molecule has 0 aromatic heterocycles. The summed E-state index contributed by atoms with van der Waals surface area (Å²) in [5, 5.41) is 12.7. The van der Waals surface area contributed by atoms with Gasteiger partial charge in [0.2, 0.25) is 0 Å². The van der Waals surface area contributed by atoms with Gasteiger partial charge >= 0.3 is 5.97 Å². The molecule has 5 heteroatoms. The van der Waals surface area contributed by atoms with Gasteiger partial charge in [-0.25, -0.2) is 0 Å². The molecule has 4 nitrogen and oxygen atoms in total. The fraction of sp³-hybridized carbons (Fsp3) is 0.462. The lowest BCUT2D eigenvalue weighted by Crippen LogP contribution is -2.30. The van der Waals surface area contributed by atoms with Crippen LogP contribution in [0.5, 0.6) is 5.75 Å². The fourth-order valence-electron chi connectivity index (χ4n) is 1.82. The van der Waals surface area contributed by atoms with Crippen LogP contribution in [0.1, 0.15) is 24.4 Å². The second-order valence-electron chi connectivity index (χ2n) is 4.52. The molecule has 0 amide bonds. The maximum absolute atomic E-state index is 11.3. The van der Waals surface area contributed by atoms with Gasteiger partial charge in [-0.3, -0.25) is 4.79 Å². The molecule has 0 saturated heterocycles. The summed E-state index contributed by atoms with van der Waals surface area (Å²) in [4.78, 5) is 11.3. The summed E-state index contributed by atoms with van der Waals surface area (Å²) in [6.07, 6.45) is 2.37. The first-order valence-corrected chi connectivity index (χ1v) is 6.29. The number of nitrogens with one attached hydrogen (secondary N) is 1. The molecule has 0 aliphatic heterocycles. The molecule has 0 bridgehead atoms. The van der Waals surface area contributed by atoms with Crippen molar-refractivity contribution in [3.05, 3.63) is 28.8 Å². The second-order valence-corrected chi connectivity index (χ2v) is 4.92. The van der Waals surface area contributed by atoms with Crippen LogP contribution in [0.4, 0.5) is 0 Å². The molecule has 1 aliphatic rings.